The lowest BCUT2D eigenvalue weighted by Crippen LogP contribution is -2.49. The zero-order valence-electron chi connectivity index (χ0n) is 10.1. The monoisotopic (exact) mass is 258 g/mol. The number of hydrogen-bond donors (Lipinski definition) is 2. The number of rotatable bonds is 8. The van der Waals surface area contributed by atoms with Crippen molar-refractivity contribution < 1.29 is 14.3 Å². The number of carboxylic acid groups (broad SMARTS) is 1. The van der Waals surface area contributed by atoms with Gasteiger partial charge in [-0.05, 0) is 26.3 Å². The van der Waals surface area contributed by atoms with Crippen LogP contribution in [0.1, 0.15) is 26.7 Å². The van der Waals surface area contributed by atoms with Crippen LogP contribution < -0.4 is 5.32 Å². The second-order valence-corrected chi connectivity index (χ2v) is 4.96. The van der Waals surface area contributed by atoms with E-state index < -0.39 is 11.5 Å². The fourth-order valence-corrected chi connectivity index (χ4v) is 2.25. The second-order valence-electron chi connectivity index (χ2n) is 3.92. The van der Waals surface area contributed by atoms with E-state index in [0.717, 1.165) is 12.2 Å². The van der Waals surface area contributed by atoms with Gasteiger partial charge in [0.15, 0.2) is 0 Å². The van der Waals surface area contributed by atoms with Crippen LogP contribution in [-0.2, 0) is 4.79 Å². The Kier molecular flexibility index (Phi) is 5.50. The molecule has 0 saturated heterocycles. The first-order valence-electron chi connectivity index (χ1n) is 5.59. The molecule has 0 bridgehead atoms. The van der Waals surface area contributed by atoms with E-state index >= 15 is 0 Å². The Bertz CT molecular complexity index is 342. The van der Waals surface area contributed by atoms with E-state index in [-0.39, 0.29) is 0 Å². The Morgan fingerprint density at radius 3 is 3.00 bits per heavy atom. The molecule has 1 atom stereocenters. The van der Waals surface area contributed by atoms with Crippen LogP contribution in [0, 0.1) is 0 Å². The van der Waals surface area contributed by atoms with Crippen molar-refractivity contribution in [1.82, 2.24) is 10.3 Å². The smallest absolute Gasteiger partial charge is 0.323 e. The van der Waals surface area contributed by atoms with Crippen LogP contribution in [0.25, 0.3) is 0 Å². The van der Waals surface area contributed by atoms with E-state index in [9.17, 15) is 4.79 Å². The lowest BCUT2D eigenvalue weighted by molar-refractivity contribution is -0.144. The lowest BCUT2D eigenvalue weighted by Gasteiger charge is -2.25. The molecule has 0 fully saturated rings. The van der Waals surface area contributed by atoms with Gasteiger partial charge in [-0.2, -0.15) is 0 Å². The van der Waals surface area contributed by atoms with Gasteiger partial charge in [-0.1, -0.05) is 18.7 Å². The highest BCUT2D eigenvalue weighted by molar-refractivity contribution is 7.99. The average molecular weight is 258 g/mol. The second kappa shape index (κ2) is 6.66. The normalized spacial score (nSPS) is 14.5. The maximum Gasteiger partial charge on any atom is 0.323 e. The molecule has 1 aromatic rings. The minimum atomic E-state index is -0.841. The minimum Gasteiger partial charge on any atom is -0.480 e. The molecule has 17 heavy (non-hydrogen) atoms. The van der Waals surface area contributed by atoms with Gasteiger partial charge in [-0.25, -0.2) is 4.98 Å². The third-order valence-electron chi connectivity index (χ3n) is 2.50. The van der Waals surface area contributed by atoms with Crippen molar-refractivity contribution in [1.29, 1.82) is 0 Å². The van der Waals surface area contributed by atoms with E-state index in [0.29, 0.717) is 18.2 Å². The summed E-state index contributed by atoms with van der Waals surface area (Å²) >= 11 is 1.50. The van der Waals surface area contributed by atoms with Gasteiger partial charge in [0.05, 0.1) is 6.20 Å². The zero-order chi connectivity index (χ0) is 12.7. The number of hydrogen-bond acceptors (Lipinski definition) is 5. The fourth-order valence-electron chi connectivity index (χ4n) is 1.53. The van der Waals surface area contributed by atoms with Crippen LogP contribution in [-0.4, -0.2) is 33.9 Å². The molecule has 0 aliphatic rings. The molecule has 1 aromatic heterocycles. The largest absolute Gasteiger partial charge is 0.480 e. The van der Waals surface area contributed by atoms with Gasteiger partial charge >= 0.3 is 5.97 Å². The molecule has 6 heteroatoms. The number of carboxylic acids is 1. The molecule has 0 aliphatic carbocycles. The standard InChI is InChI=1S/C11H18N2O3S/c1-3-13-11(2,9(14)15)5-4-8-17-10-12-6-7-16-10/h6-7,13H,3-5,8H2,1-2H3,(H,14,15). The maximum atomic E-state index is 11.1. The van der Waals surface area contributed by atoms with Crippen LogP contribution in [0.4, 0.5) is 0 Å². The summed E-state index contributed by atoms with van der Waals surface area (Å²) in [5.74, 6) is -0.00474. The van der Waals surface area contributed by atoms with E-state index in [1.54, 1.807) is 13.1 Å². The van der Waals surface area contributed by atoms with Crippen molar-refractivity contribution in [2.24, 2.45) is 0 Å². The molecule has 1 unspecified atom stereocenters. The van der Waals surface area contributed by atoms with Crippen LogP contribution in [0.2, 0.25) is 0 Å². The summed E-state index contributed by atoms with van der Waals surface area (Å²) < 4.78 is 5.08. The quantitative estimate of drug-likeness (QED) is 0.548. The Hall–Kier alpha value is -1.01. The van der Waals surface area contributed by atoms with Gasteiger partial charge in [0.1, 0.15) is 11.8 Å². The summed E-state index contributed by atoms with van der Waals surface area (Å²) in [4.78, 5) is 15.1. The molecule has 0 spiro atoms. The molecule has 5 nitrogen and oxygen atoms in total. The number of carbonyl (C=O) groups is 1. The van der Waals surface area contributed by atoms with Gasteiger partial charge < -0.3 is 14.8 Å². The van der Waals surface area contributed by atoms with Crippen LogP contribution in [0.3, 0.4) is 0 Å². The first-order chi connectivity index (χ1) is 8.08. The summed E-state index contributed by atoms with van der Waals surface area (Å²) in [6.07, 6.45) is 4.51. The molecule has 0 radical (unpaired) electrons. The summed E-state index contributed by atoms with van der Waals surface area (Å²) in [6.45, 7) is 4.27. The molecule has 0 saturated carbocycles. The van der Waals surface area contributed by atoms with Gasteiger partial charge in [-0.3, -0.25) is 4.79 Å². The predicted octanol–water partition coefficient (Wildman–Crippen LogP) is 2.00. The number of thioether (sulfide) groups is 1. The highest BCUT2D eigenvalue weighted by Gasteiger charge is 2.31. The van der Waals surface area contributed by atoms with Crippen molar-refractivity contribution in [2.45, 2.75) is 37.5 Å². The molecule has 96 valence electrons. The molecule has 1 rings (SSSR count). The van der Waals surface area contributed by atoms with Crippen LogP contribution >= 0.6 is 11.8 Å². The molecule has 0 aromatic carbocycles. The number of aliphatic carboxylic acids is 1. The molecule has 0 amide bonds. The number of aromatic nitrogens is 1. The van der Waals surface area contributed by atoms with Gasteiger partial charge in [0, 0.05) is 5.75 Å². The zero-order valence-corrected chi connectivity index (χ0v) is 10.9. The number of oxazole rings is 1. The molecular formula is C11H18N2O3S. The minimum absolute atomic E-state index is 0.587. The van der Waals surface area contributed by atoms with Crippen LogP contribution in [0.5, 0.6) is 0 Å². The molecule has 0 aliphatic heterocycles. The Labute approximate surface area is 105 Å². The maximum absolute atomic E-state index is 11.1. The van der Waals surface area contributed by atoms with Crippen molar-refractivity contribution in [2.75, 3.05) is 12.3 Å². The summed E-state index contributed by atoms with van der Waals surface area (Å²) in [6, 6.07) is 0. The lowest BCUT2D eigenvalue weighted by atomic mass is 9.96. The van der Waals surface area contributed by atoms with E-state index in [4.69, 9.17) is 9.52 Å². The van der Waals surface area contributed by atoms with Gasteiger partial charge in [0.25, 0.3) is 5.22 Å². The number of likely N-dealkylation sites (N-methyl/N-ethyl adjacent to an activating group) is 1. The Morgan fingerprint density at radius 1 is 1.71 bits per heavy atom. The third-order valence-corrected chi connectivity index (χ3v) is 3.44. The number of nitrogens with zero attached hydrogens (tertiary/aromatic N) is 1. The molecule has 1 heterocycles. The van der Waals surface area contributed by atoms with Gasteiger partial charge in [-0.15, -0.1) is 0 Å². The molecular weight excluding hydrogens is 240 g/mol. The fraction of sp³-hybridized carbons (Fsp3) is 0.636. The molecule has 2 N–H and O–H groups in total. The van der Waals surface area contributed by atoms with E-state index in [1.165, 1.54) is 18.0 Å². The van der Waals surface area contributed by atoms with E-state index in [2.05, 4.69) is 10.3 Å². The van der Waals surface area contributed by atoms with Crippen molar-refractivity contribution in [3.63, 3.8) is 0 Å². The predicted molar refractivity (Wildman–Crippen MR) is 66.2 cm³/mol. The summed E-state index contributed by atoms with van der Waals surface area (Å²) in [5.41, 5.74) is -0.841. The Morgan fingerprint density at radius 2 is 2.47 bits per heavy atom. The van der Waals surface area contributed by atoms with Crippen molar-refractivity contribution in [3.8, 4) is 0 Å². The average Bonchev–Trinajstić information content (AvgIpc) is 2.77. The highest BCUT2D eigenvalue weighted by Crippen LogP contribution is 2.20. The summed E-state index contributed by atoms with van der Waals surface area (Å²) in [7, 11) is 0. The van der Waals surface area contributed by atoms with Crippen molar-refractivity contribution in [3.05, 3.63) is 12.5 Å². The third kappa shape index (κ3) is 4.40. The van der Waals surface area contributed by atoms with Crippen LogP contribution in [0.15, 0.2) is 22.1 Å². The number of nitrogens with one attached hydrogen (secondary N) is 1. The topological polar surface area (TPSA) is 75.4 Å². The Balaban J connectivity index is 2.30. The SMILES string of the molecule is CCNC(C)(CCCSc1ncco1)C(=O)O. The highest BCUT2D eigenvalue weighted by atomic mass is 32.2. The summed E-state index contributed by atoms with van der Waals surface area (Å²) in [5, 5.41) is 12.8. The first kappa shape index (κ1) is 14.1. The van der Waals surface area contributed by atoms with Gasteiger partial charge in [0.2, 0.25) is 0 Å². The first-order valence-corrected chi connectivity index (χ1v) is 6.58. The van der Waals surface area contributed by atoms with E-state index in [1.807, 2.05) is 6.92 Å². The van der Waals surface area contributed by atoms with Crippen molar-refractivity contribution >= 4 is 17.7 Å².